The third kappa shape index (κ3) is 5.42. The molecular formula is C26H26N2O2S2. The molecule has 0 saturated carbocycles. The van der Waals surface area contributed by atoms with Crippen LogP contribution >= 0.6 is 11.8 Å². The summed E-state index contributed by atoms with van der Waals surface area (Å²) in [5.41, 5.74) is 6.15. The van der Waals surface area contributed by atoms with Crippen LogP contribution < -0.4 is 5.32 Å². The summed E-state index contributed by atoms with van der Waals surface area (Å²) in [4.78, 5) is -0.177. The number of anilines is 1. The van der Waals surface area contributed by atoms with E-state index < -0.39 is 9.84 Å². The topological polar surface area (TPSA) is 70.0 Å². The molecule has 1 N–H and O–H groups in total. The van der Waals surface area contributed by atoms with Crippen LogP contribution in [0.25, 0.3) is 0 Å². The number of allylic oxidation sites excluding steroid dienone is 1. The Balaban J connectivity index is 2.10. The van der Waals surface area contributed by atoms with Gasteiger partial charge < -0.3 is 5.32 Å². The Morgan fingerprint density at radius 3 is 2.19 bits per heavy atom. The molecule has 0 aliphatic rings. The number of nitrogens with one attached hydrogen (secondary N) is 1. The van der Waals surface area contributed by atoms with Gasteiger partial charge in [0.15, 0.2) is 4.91 Å². The van der Waals surface area contributed by atoms with Gasteiger partial charge in [0.1, 0.15) is 11.1 Å². The lowest BCUT2D eigenvalue weighted by Gasteiger charge is -2.17. The molecule has 0 fully saturated rings. The van der Waals surface area contributed by atoms with Crippen LogP contribution in [0.5, 0.6) is 0 Å². The molecule has 0 atom stereocenters. The molecule has 0 aliphatic heterocycles. The molecule has 0 bridgehead atoms. The number of hydrogen-bond donors (Lipinski definition) is 1. The highest BCUT2D eigenvalue weighted by Gasteiger charge is 2.26. The highest BCUT2D eigenvalue weighted by atomic mass is 32.2. The minimum Gasteiger partial charge on any atom is -0.348 e. The normalized spacial score (nSPS) is 12.1. The molecule has 0 saturated heterocycles. The van der Waals surface area contributed by atoms with Crippen molar-refractivity contribution >= 4 is 27.3 Å². The average molecular weight is 463 g/mol. The van der Waals surface area contributed by atoms with E-state index in [0.29, 0.717) is 10.8 Å². The Bertz CT molecular complexity index is 1310. The maximum Gasteiger partial charge on any atom is 0.219 e. The first-order valence-corrected chi connectivity index (χ1v) is 12.7. The van der Waals surface area contributed by atoms with Gasteiger partial charge in [-0.25, -0.2) is 8.42 Å². The summed E-state index contributed by atoms with van der Waals surface area (Å²) < 4.78 is 26.7. The largest absolute Gasteiger partial charge is 0.348 e. The highest BCUT2D eigenvalue weighted by molar-refractivity contribution is 8.04. The molecule has 6 heteroatoms. The van der Waals surface area contributed by atoms with Gasteiger partial charge in [0.2, 0.25) is 9.84 Å². The zero-order valence-corrected chi connectivity index (χ0v) is 20.3. The second-order valence-corrected chi connectivity index (χ2v) is 10.6. The van der Waals surface area contributed by atoms with Crippen molar-refractivity contribution in [3.05, 3.63) is 104 Å². The number of thioether (sulfide) groups is 1. The second-order valence-electron chi connectivity index (χ2n) is 7.75. The molecule has 0 radical (unpaired) electrons. The lowest BCUT2D eigenvalue weighted by molar-refractivity contribution is 0.603. The van der Waals surface area contributed by atoms with Crippen LogP contribution in [0.1, 0.15) is 27.8 Å². The molecular weight excluding hydrogens is 436 g/mol. The van der Waals surface area contributed by atoms with Gasteiger partial charge in [-0.15, -0.1) is 11.8 Å². The number of benzene rings is 3. The van der Waals surface area contributed by atoms with Crippen molar-refractivity contribution in [1.29, 1.82) is 5.26 Å². The molecule has 0 aliphatic carbocycles. The number of sulfone groups is 1. The molecule has 3 aromatic rings. The average Bonchev–Trinajstić information content (AvgIpc) is 2.77. The molecule has 3 rings (SSSR count). The van der Waals surface area contributed by atoms with Crippen LogP contribution in [-0.4, -0.2) is 8.42 Å². The number of hydrogen-bond acceptors (Lipinski definition) is 5. The smallest absolute Gasteiger partial charge is 0.219 e. The van der Waals surface area contributed by atoms with Crippen LogP contribution in [0.4, 0.5) is 5.69 Å². The standard InChI is InChI=1S/C26H26N2O2S2/c1-18-10-12-20(3)22(14-18)17-31-26(28-24-15-19(2)11-13-21(24)4)25(16-27)32(29,30)23-8-6-5-7-9-23/h5-15,28H,17H2,1-4H3/b26-25-. The summed E-state index contributed by atoms with van der Waals surface area (Å²) >= 11 is 1.33. The van der Waals surface area contributed by atoms with Crippen LogP contribution in [0.15, 0.2) is 81.6 Å². The van der Waals surface area contributed by atoms with Gasteiger partial charge in [-0.2, -0.15) is 5.26 Å². The Morgan fingerprint density at radius 2 is 1.53 bits per heavy atom. The fourth-order valence-corrected chi connectivity index (χ4v) is 5.85. The zero-order valence-electron chi connectivity index (χ0n) is 18.6. The van der Waals surface area contributed by atoms with Crippen LogP contribution in [-0.2, 0) is 15.6 Å². The van der Waals surface area contributed by atoms with Crippen molar-refractivity contribution in [2.75, 3.05) is 5.32 Å². The van der Waals surface area contributed by atoms with E-state index >= 15 is 0 Å². The predicted octanol–water partition coefficient (Wildman–Crippen LogP) is 6.43. The first-order valence-electron chi connectivity index (χ1n) is 10.2. The summed E-state index contributed by atoms with van der Waals surface area (Å²) in [5, 5.41) is 13.5. The van der Waals surface area contributed by atoms with Gasteiger partial charge in [0, 0.05) is 11.4 Å². The van der Waals surface area contributed by atoms with Gasteiger partial charge in [0.05, 0.1) is 4.90 Å². The van der Waals surface area contributed by atoms with Crippen molar-refractivity contribution in [3.8, 4) is 6.07 Å². The fraction of sp³-hybridized carbons (Fsp3) is 0.192. The number of rotatable bonds is 7. The molecule has 4 nitrogen and oxygen atoms in total. The highest BCUT2D eigenvalue weighted by Crippen LogP contribution is 2.33. The van der Waals surface area contributed by atoms with Crippen molar-refractivity contribution < 1.29 is 8.42 Å². The van der Waals surface area contributed by atoms with E-state index in [1.165, 1.54) is 23.9 Å². The fourth-order valence-electron chi connectivity index (χ4n) is 3.21. The minimum atomic E-state index is -3.98. The van der Waals surface area contributed by atoms with Gasteiger partial charge in [-0.05, 0) is 68.1 Å². The molecule has 0 amide bonds. The Kier molecular flexibility index (Phi) is 7.44. The van der Waals surface area contributed by atoms with E-state index in [-0.39, 0.29) is 9.80 Å². The molecule has 3 aromatic carbocycles. The Morgan fingerprint density at radius 1 is 0.906 bits per heavy atom. The van der Waals surface area contributed by atoms with Crippen molar-refractivity contribution in [1.82, 2.24) is 0 Å². The Labute approximate surface area is 194 Å². The van der Waals surface area contributed by atoms with E-state index in [4.69, 9.17) is 0 Å². The maximum atomic E-state index is 13.3. The van der Waals surface area contributed by atoms with Crippen LogP contribution in [0, 0.1) is 39.0 Å². The maximum absolute atomic E-state index is 13.3. The number of nitriles is 1. The van der Waals surface area contributed by atoms with Gasteiger partial charge >= 0.3 is 0 Å². The second kappa shape index (κ2) is 10.1. The first kappa shape index (κ1) is 23.6. The van der Waals surface area contributed by atoms with Crippen molar-refractivity contribution in [3.63, 3.8) is 0 Å². The van der Waals surface area contributed by atoms with Gasteiger partial charge in [-0.1, -0.05) is 54.1 Å². The van der Waals surface area contributed by atoms with E-state index in [2.05, 4.69) is 23.5 Å². The SMILES string of the molecule is Cc1ccc(C)c(CS/C(Nc2cc(C)ccc2C)=C(/C#N)S(=O)(=O)c2ccccc2)c1. The lowest BCUT2D eigenvalue weighted by Crippen LogP contribution is -2.11. The lowest BCUT2D eigenvalue weighted by atomic mass is 10.1. The summed E-state index contributed by atoms with van der Waals surface area (Å²) in [6.45, 7) is 7.98. The molecule has 0 unspecified atom stereocenters. The molecule has 0 aromatic heterocycles. The summed E-state index contributed by atoms with van der Waals surface area (Å²) in [7, 11) is -3.98. The Hall–Kier alpha value is -3.01. The monoisotopic (exact) mass is 462 g/mol. The summed E-state index contributed by atoms with van der Waals surface area (Å²) in [6, 6.07) is 22.2. The predicted molar refractivity (Wildman–Crippen MR) is 133 cm³/mol. The van der Waals surface area contributed by atoms with E-state index in [0.717, 1.165) is 33.5 Å². The van der Waals surface area contributed by atoms with Crippen LogP contribution in [0.3, 0.4) is 0 Å². The number of nitrogens with zero attached hydrogens (tertiary/aromatic N) is 1. The first-order chi connectivity index (χ1) is 15.2. The molecule has 164 valence electrons. The van der Waals surface area contributed by atoms with E-state index in [1.54, 1.807) is 18.2 Å². The summed E-state index contributed by atoms with van der Waals surface area (Å²) in [5.74, 6) is 0.538. The molecule has 0 spiro atoms. The van der Waals surface area contributed by atoms with E-state index in [9.17, 15) is 13.7 Å². The van der Waals surface area contributed by atoms with Crippen molar-refractivity contribution in [2.45, 2.75) is 38.3 Å². The molecule has 0 heterocycles. The third-order valence-corrected chi connectivity index (χ3v) is 8.05. The zero-order chi connectivity index (χ0) is 23.3. The van der Waals surface area contributed by atoms with E-state index in [1.807, 2.05) is 52.0 Å². The van der Waals surface area contributed by atoms with Crippen LogP contribution in [0.2, 0.25) is 0 Å². The number of aryl methyl sites for hydroxylation is 4. The van der Waals surface area contributed by atoms with Crippen molar-refractivity contribution in [2.24, 2.45) is 0 Å². The minimum absolute atomic E-state index is 0.101. The van der Waals surface area contributed by atoms with Gasteiger partial charge in [0.25, 0.3) is 0 Å². The third-order valence-electron chi connectivity index (χ3n) is 5.15. The molecule has 32 heavy (non-hydrogen) atoms. The quantitative estimate of drug-likeness (QED) is 0.410. The summed E-state index contributed by atoms with van der Waals surface area (Å²) in [6.07, 6.45) is 0. The van der Waals surface area contributed by atoms with Gasteiger partial charge in [-0.3, -0.25) is 0 Å².